The van der Waals surface area contributed by atoms with Gasteiger partial charge in [0.05, 0.1) is 0 Å². The molecule has 0 spiro atoms. The first-order valence-electron chi connectivity index (χ1n) is 9.82. The number of rotatable bonds is 12. The van der Waals surface area contributed by atoms with Crippen LogP contribution in [0.25, 0.3) is 0 Å². The SMILES string of the molecule is CCC(OC(=O)/C=C\C(=O)OC(CC)N(CC)C(C)C)N(CC)C(C)C. The molecule has 0 aliphatic rings. The van der Waals surface area contributed by atoms with Crippen molar-refractivity contribution in [1.29, 1.82) is 0 Å². The van der Waals surface area contributed by atoms with Crippen molar-refractivity contribution in [3.8, 4) is 0 Å². The summed E-state index contributed by atoms with van der Waals surface area (Å²) in [6, 6.07) is 0.543. The maximum atomic E-state index is 12.1. The van der Waals surface area contributed by atoms with E-state index >= 15 is 0 Å². The molecule has 0 fully saturated rings. The number of carbonyl (C=O) groups is 2. The molecule has 2 atom stereocenters. The van der Waals surface area contributed by atoms with E-state index in [2.05, 4.69) is 37.5 Å². The number of nitrogens with zero attached hydrogens (tertiary/aromatic N) is 2. The fourth-order valence-electron chi connectivity index (χ4n) is 3.06. The predicted octanol–water partition coefficient (Wildman–Crippen LogP) is 3.56. The van der Waals surface area contributed by atoms with Crippen LogP contribution in [0.5, 0.6) is 0 Å². The van der Waals surface area contributed by atoms with Crippen LogP contribution in [0.15, 0.2) is 12.2 Å². The van der Waals surface area contributed by atoms with Crippen LogP contribution in [0.4, 0.5) is 0 Å². The van der Waals surface area contributed by atoms with Crippen LogP contribution in [-0.2, 0) is 19.1 Å². The Labute approximate surface area is 159 Å². The van der Waals surface area contributed by atoms with Crippen molar-refractivity contribution in [3.63, 3.8) is 0 Å². The molecule has 0 aromatic rings. The minimum Gasteiger partial charge on any atom is -0.443 e. The molecule has 0 N–H and O–H groups in total. The van der Waals surface area contributed by atoms with Gasteiger partial charge in [0.15, 0.2) is 12.5 Å². The molecule has 152 valence electrons. The second-order valence-electron chi connectivity index (χ2n) is 6.78. The van der Waals surface area contributed by atoms with Crippen LogP contribution < -0.4 is 0 Å². The first-order valence-corrected chi connectivity index (χ1v) is 9.82. The van der Waals surface area contributed by atoms with Gasteiger partial charge in [-0.05, 0) is 53.6 Å². The second kappa shape index (κ2) is 12.9. The van der Waals surface area contributed by atoms with Crippen LogP contribution >= 0.6 is 0 Å². The molecule has 0 aromatic carbocycles. The highest BCUT2D eigenvalue weighted by atomic mass is 16.6. The zero-order valence-electron chi connectivity index (χ0n) is 17.8. The van der Waals surface area contributed by atoms with Gasteiger partial charge in [-0.3, -0.25) is 9.80 Å². The van der Waals surface area contributed by atoms with Crippen molar-refractivity contribution in [1.82, 2.24) is 9.80 Å². The summed E-state index contributed by atoms with van der Waals surface area (Å²) in [5.41, 5.74) is 0. The molecule has 6 nitrogen and oxygen atoms in total. The molecule has 2 unspecified atom stereocenters. The Kier molecular flexibility index (Phi) is 12.2. The first-order chi connectivity index (χ1) is 12.2. The van der Waals surface area contributed by atoms with Crippen molar-refractivity contribution in [2.45, 2.75) is 92.8 Å². The summed E-state index contributed by atoms with van der Waals surface area (Å²) in [4.78, 5) is 28.3. The topological polar surface area (TPSA) is 59.1 Å². The van der Waals surface area contributed by atoms with Crippen LogP contribution in [0.3, 0.4) is 0 Å². The van der Waals surface area contributed by atoms with E-state index in [0.29, 0.717) is 12.8 Å². The minimum atomic E-state index is -0.530. The Bertz CT molecular complexity index is 409. The Hall–Kier alpha value is -1.40. The normalized spacial score (nSPS) is 14.5. The first kappa shape index (κ1) is 24.6. The van der Waals surface area contributed by atoms with Crippen molar-refractivity contribution >= 4 is 11.9 Å². The van der Waals surface area contributed by atoms with Gasteiger partial charge >= 0.3 is 11.9 Å². The molecule has 0 saturated heterocycles. The van der Waals surface area contributed by atoms with E-state index in [9.17, 15) is 9.59 Å². The highest BCUT2D eigenvalue weighted by molar-refractivity contribution is 5.91. The number of ether oxygens (including phenoxy) is 2. The maximum Gasteiger partial charge on any atom is 0.332 e. The number of carbonyl (C=O) groups excluding carboxylic acids is 2. The lowest BCUT2D eigenvalue weighted by molar-refractivity contribution is -0.158. The van der Waals surface area contributed by atoms with Crippen LogP contribution in [0.1, 0.15) is 68.2 Å². The van der Waals surface area contributed by atoms with Gasteiger partial charge in [0, 0.05) is 24.2 Å². The van der Waals surface area contributed by atoms with Crippen LogP contribution in [0, 0.1) is 0 Å². The molecule has 0 rings (SSSR count). The standard InChI is InChI=1S/C20H38N2O4/c1-9-17(21(11-3)15(5)6)25-19(23)13-14-20(24)26-18(10-2)22(12-4)16(7)8/h13-18H,9-12H2,1-8H3/b14-13-. The molecule has 0 aromatic heterocycles. The summed E-state index contributed by atoms with van der Waals surface area (Å²) in [6.07, 6.45) is 3.08. The Balaban J connectivity index is 4.77. The summed E-state index contributed by atoms with van der Waals surface area (Å²) >= 11 is 0. The minimum absolute atomic E-state index is 0.271. The summed E-state index contributed by atoms with van der Waals surface area (Å²) < 4.78 is 11.0. The maximum absolute atomic E-state index is 12.1. The van der Waals surface area contributed by atoms with Crippen molar-refractivity contribution in [3.05, 3.63) is 12.2 Å². The van der Waals surface area contributed by atoms with Gasteiger partial charge in [-0.1, -0.05) is 27.7 Å². The summed E-state index contributed by atoms with van der Waals surface area (Å²) in [5, 5.41) is 0. The van der Waals surface area contributed by atoms with E-state index in [1.54, 1.807) is 0 Å². The summed E-state index contributed by atoms with van der Waals surface area (Å²) in [7, 11) is 0. The smallest absolute Gasteiger partial charge is 0.332 e. The molecule has 0 aliphatic heterocycles. The predicted molar refractivity (Wildman–Crippen MR) is 105 cm³/mol. The largest absolute Gasteiger partial charge is 0.443 e. The van der Waals surface area contributed by atoms with Gasteiger partial charge in [0.25, 0.3) is 0 Å². The molecular weight excluding hydrogens is 332 g/mol. The van der Waals surface area contributed by atoms with Crippen LogP contribution in [-0.4, -0.2) is 59.4 Å². The highest BCUT2D eigenvalue weighted by Crippen LogP contribution is 2.12. The van der Waals surface area contributed by atoms with E-state index in [1.165, 1.54) is 0 Å². The van der Waals surface area contributed by atoms with Gasteiger partial charge in [0.1, 0.15) is 0 Å². The molecule has 0 radical (unpaired) electrons. The molecule has 0 bridgehead atoms. The van der Waals surface area contributed by atoms with Gasteiger partial charge in [0.2, 0.25) is 0 Å². The lowest BCUT2D eigenvalue weighted by atomic mass is 10.2. The lowest BCUT2D eigenvalue weighted by Gasteiger charge is -2.32. The van der Waals surface area contributed by atoms with Gasteiger partial charge in [-0.25, -0.2) is 9.59 Å². The highest BCUT2D eigenvalue weighted by Gasteiger charge is 2.22. The van der Waals surface area contributed by atoms with E-state index in [1.807, 2.05) is 27.7 Å². The fraction of sp³-hybridized carbons (Fsp3) is 0.800. The van der Waals surface area contributed by atoms with E-state index < -0.39 is 11.9 Å². The Morgan fingerprint density at radius 1 is 0.731 bits per heavy atom. The van der Waals surface area contributed by atoms with Crippen molar-refractivity contribution in [2.75, 3.05) is 13.1 Å². The number of hydrogen-bond acceptors (Lipinski definition) is 6. The lowest BCUT2D eigenvalue weighted by Crippen LogP contribution is -2.42. The zero-order chi connectivity index (χ0) is 20.3. The molecule has 0 saturated carbocycles. The average molecular weight is 371 g/mol. The monoisotopic (exact) mass is 370 g/mol. The molecular formula is C20H38N2O4. The number of hydrogen-bond donors (Lipinski definition) is 0. The summed E-state index contributed by atoms with van der Waals surface area (Å²) in [6.45, 7) is 17.8. The molecule has 26 heavy (non-hydrogen) atoms. The quantitative estimate of drug-likeness (QED) is 0.297. The molecule has 0 heterocycles. The number of esters is 2. The Morgan fingerprint density at radius 2 is 1.04 bits per heavy atom. The Morgan fingerprint density at radius 3 is 1.23 bits per heavy atom. The third-order valence-electron chi connectivity index (χ3n) is 4.36. The van der Waals surface area contributed by atoms with Crippen LogP contribution in [0.2, 0.25) is 0 Å². The van der Waals surface area contributed by atoms with E-state index in [0.717, 1.165) is 25.2 Å². The zero-order valence-corrected chi connectivity index (χ0v) is 17.8. The second-order valence-corrected chi connectivity index (χ2v) is 6.78. The third-order valence-corrected chi connectivity index (χ3v) is 4.36. The van der Waals surface area contributed by atoms with E-state index in [-0.39, 0.29) is 24.5 Å². The third kappa shape index (κ3) is 8.32. The summed E-state index contributed by atoms with van der Waals surface area (Å²) in [5.74, 6) is -1.06. The molecule has 0 amide bonds. The van der Waals surface area contributed by atoms with E-state index in [4.69, 9.17) is 9.47 Å². The molecule has 0 aliphatic carbocycles. The molecule has 6 heteroatoms. The van der Waals surface area contributed by atoms with Crippen molar-refractivity contribution < 1.29 is 19.1 Å². The van der Waals surface area contributed by atoms with Gasteiger partial charge in [-0.15, -0.1) is 0 Å². The van der Waals surface area contributed by atoms with Gasteiger partial charge < -0.3 is 9.47 Å². The fourth-order valence-corrected chi connectivity index (χ4v) is 3.06. The average Bonchev–Trinajstić information content (AvgIpc) is 2.58. The van der Waals surface area contributed by atoms with Gasteiger partial charge in [-0.2, -0.15) is 0 Å². The van der Waals surface area contributed by atoms with Crippen molar-refractivity contribution in [2.24, 2.45) is 0 Å².